The molecule has 2 unspecified atom stereocenters. The highest BCUT2D eigenvalue weighted by molar-refractivity contribution is 5.85. The van der Waals surface area contributed by atoms with Gasteiger partial charge in [0.2, 0.25) is 11.8 Å². The van der Waals surface area contributed by atoms with Crippen molar-refractivity contribution >= 4 is 11.8 Å². The standard InChI is InChI=1S/C10H21N3O2/c1-4-5-12-9(14)6-13-10(15)7(2)8(3)11/h7-8H,4-6,11H2,1-3H3,(H,12,14)(H,13,15). The number of carbonyl (C=O) groups is 2. The first kappa shape index (κ1) is 13.9. The lowest BCUT2D eigenvalue weighted by atomic mass is 10.0. The van der Waals surface area contributed by atoms with Gasteiger partial charge in [-0.3, -0.25) is 9.59 Å². The number of amides is 2. The van der Waals surface area contributed by atoms with Crippen LogP contribution in [0.3, 0.4) is 0 Å². The largest absolute Gasteiger partial charge is 0.355 e. The van der Waals surface area contributed by atoms with Gasteiger partial charge in [-0.1, -0.05) is 13.8 Å². The molecule has 0 aromatic heterocycles. The zero-order chi connectivity index (χ0) is 11.8. The first-order chi connectivity index (χ1) is 6.99. The van der Waals surface area contributed by atoms with Crippen LogP contribution in [0.4, 0.5) is 0 Å². The summed E-state index contributed by atoms with van der Waals surface area (Å²) in [5.41, 5.74) is 5.56. The van der Waals surface area contributed by atoms with Crippen LogP contribution < -0.4 is 16.4 Å². The third-order valence-electron chi connectivity index (χ3n) is 2.20. The second-order valence-electron chi connectivity index (χ2n) is 3.72. The van der Waals surface area contributed by atoms with E-state index in [1.54, 1.807) is 13.8 Å². The molecule has 0 rings (SSSR count). The summed E-state index contributed by atoms with van der Waals surface area (Å²) in [5, 5.41) is 5.21. The van der Waals surface area contributed by atoms with E-state index in [1.165, 1.54) is 0 Å². The highest BCUT2D eigenvalue weighted by atomic mass is 16.2. The Balaban J connectivity index is 3.75. The smallest absolute Gasteiger partial charge is 0.239 e. The van der Waals surface area contributed by atoms with Gasteiger partial charge in [-0.05, 0) is 13.3 Å². The van der Waals surface area contributed by atoms with Crippen molar-refractivity contribution in [1.29, 1.82) is 0 Å². The van der Waals surface area contributed by atoms with Gasteiger partial charge in [0, 0.05) is 18.5 Å². The Morgan fingerprint density at radius 1 is 1.27 bits per heavy atom. The molecular formula is C10H21N3O2. The minimum atomic E-state index is -0.274. The lowest BCUT2D eigenvalue weighted by Gasteiger charge is -2.14. The van der Waals surface area contributed by atoms with Crippen molar-refractivity contribution in [2.45, 2.75) is 33.2 Å². The number of nitrogens with one attached hydrogen (secondary N) is 2. The average molecular weight is 215 g/mol. The van der Waals surface area contributed by atoms with E-state index in [1.807, 2.05) is 6.92 Å². The fourth-order valence-corrected chi connectivity index (χ4v) is 0.894. The maximum Gasteiger partial charge on any atom is 0.239 e. The van der Waals surface area contributed by atoms with Crippen molar-refractivity contribution in [3.05, 3.63) is 0 Å². The van der Waals surface area contributed by atoms with Crippen LogP contribution >= 0.6 is 0 Å². The molecule has 88 valence electrons. The molecule has 15 heavy (non-hydrogen) atoms. The molecule has 0 bridgehead atoms. The SMILES string of the molecule is CCCNC(=O)CNC(=O)C(C)C(C)N. The van der Waals surface area contributed by atoms with Crippen molar-refractivity contribution < 1.29 is 9.59 Å². The van der Waals surface area contributed by atoms with Gasteiger partial charge >= 0.3 is 0 Å². The van der Waals surface area contributed by atoms with E-state index in [4.69, 9.17) is 5.73 Å². The minimum absolute atomic E-state index is 0.0237. The molecule has 0 fully saturated rings. The van der Waals surface area contributed by atoms with Crippen molar-refractivity contribution in [3.8, 4) is 0 Å². The van der Waals surface area contributed by atoms with E-state index >= 15 is 0 Å². The van der Waals surface area contributed by atoms with Gasteiger partial charge in [-0.25, -0.2) is 0 Å². The maximum atomic E-state index is 11.4. The van der Waals surface area contributed by atoms with Crippen LogP contribution in [-0.4, -0.2) is 30.9 Å². The predicted molar refractivity (Wildman–Crippen MR) is 59.1 cm³/mol. The minimum Gasteiger partial charge on any atom is -0.355 e. The summed E-state index contributed by atoms with van der Waals surface area (Å²) in [6.45, 7) is 6.13. The Hall–Kier alpha value is -1.10. The van der Waals surface area contributed by atoms with E-state index in [-0.39, 0.29) is 30.3 Å². The molecule has 0 heterocycles. The molecule has 0 aliphatic rings. The van der Waals surface area contributed by atoms with E-state index in [0.717, 1.165) is 6.42 Å². The first-order valence-electron chi connectivity index (χ1n) is 5.29. The number of carbonyl (C=O) groups excluding carboxylic acids is 2. The third kappa shape index (κ3) is 6.06. The molecule has 0 saturated heterocycles. The molecule has 0 aromatic carbocycles. The number of hydrogen-bond acceptors (Lipinski definition) is 3. The Labute approximate surface area is 90.8 Å². The van der Waals surface area contributed by atoms with Crippen LogP contribution in [0.2, 0.25) is 0 Å². The van der Waals surface area contributed by atoms with Gasteiger partial charge in [-0.15, -0.1) is 0 Å². The summed E-state index contributed by atoms with van der Waals surface area (Å²) < 4.78 is 0. The summed E-state index contributed by atoms with van der Waals surface area (Å²) >= 11 is 0. The number of hydrogen-bond donors (Lipinski definition) is 3. The summed E-state index contributed by atoms with van der Waals surface area (Å²) in [6, 6.07) is -0.205. The Morgan fingerprint density at radius 3 is 2.33 bits per heavy atom. The Morgan fingerprint density at radius 2 is 1.87 bits per heavy atom. The molecule has 5 nitrogen and oxygen atoms in total. The molecule has 0 radical (unpaired) electrons. The van der Waals surface area contributed by atoms with Gasteiger partial charge in [0.15, 0.2) is 0 Å². The molecule has 0 aliphatic carbocycles. The van der Waals surface area contributed by atoms with Crippen molar-refractivity contribution in [3.63, 3.8) is 0 Å². The molecule has 0 spiro atoms. The van der Waals surface area contributed by atoms with Crippen molar-refractivity contribution in [2.75, 3.05) is 13.1 Å². The van der Waals surface area contributed by atoms with Gasteiger partial charge in [-0.2, -0.15) is 0 Å². The van der Waals surface area contributed by atoms with Gasteiger partial charge in [0.25, 0.3) is 0 Å². The van der Waals surface area contributed by atoms with Gasteiger partial charge in [0.05, 0.1) is 6.54 Å². The molecule has 2 amide bonds. The van der Waals surface area contributed by atoms with Crippen LogP contribution in [0.1, 0.15) is 27.2 Å². The number of rotatable bonds is 6. The Kier molecular flexibility index (Phi) is 6.70. The van der Waals surface area contributed by atoms with Crippen LogP contribution in [0.15, 0.2) is 0 Å². The quantitative estimate of drug-likeness (QED) is 0.564. The first-order valence-corrected chi connectivity index (χ1v) is 5.29. The second kappa shape index (κ2) is 7.23. The predicted octanol–water partition coefficient (Wildman–Crippen LogP) is -0.388. The summed E-state index contributed by atoms with van der Waals surface area (Å²) in [6.07, 6.45) is 0.885. The molecule has 0 saturated carbocycles. The zero-order valence-corrected chi connectivity index (χ0v) is 9.67. The molecule has 2 atom stereocenters. The van der Waals surface area contributed by atoms with E-state index < -0.39 is 0 Å². The third-order valence-corrected chi connectivity index (χ3v) is 2.20. The van der Waals surface area contributed by atoms with E-state index in [0.29, 0.717) is 6.54 Å². The molecule has 5 heteroatoms. The topological polar surface area (TPSA) is 84.2 Å². The lowest BCUT2D eigenvalue weighted by molar-refractivity contribution is -0.128. The highest BCUT2D eigenvalue weighted by Gasteiger charge is 2.17. The lowest BCUT2D eigenvalue weighted by Crippen LogP contribution is -2.43. The number of nitrogens with two attached hydrogens (primary N) is 1. The van der Waals surface area contributed by atoms with E-state index in [9.17, 15) is 9.59 Å². The second-order valence-corrected chi connectivity index (χ2v) is 3.72. The van der Waals surface area contributed by atoms with Crippen molar-refractivity contribution in [1.82, 2.24) is 10.6 Å². The van der Waals surface area contributed by atoms with Crippen molar-refractivity contribution in [2.24, 2.45) is 11.7 Å². The maximum absolute atomic E-state index is 11.4. The normalized spacial score (nSPS) is 14.1. The summed E-state index contributed by atoms with van der Waals surface area (Å²) in [7, 11) is 0. The fraction of sp³-hybridized carbons (Fsp3) is 0.800. The zero-order valence-electron chi connectivity index (χ0n) is 9.67. The molecule has 4 N–H and O–H groups in total. The molecule has 0 aliphatic heterocycles. The van der Waals surface area contributed by atoms with Crippen LogP contribution in [0.25, 0.3) is 0 Å². The Bertz CT molecular complexity index is 217. The van der Waals surface area contributed by atoms with E-state index in [2.05, 4.69) is 10.6 Å². The van der Waals surface area contributed by atoms with Gasteiger partial charge in [0.1, 0.15) is 0 Å². The average Bonchev–Trinajstić information content (AvgIpc) is 2.21. The van der Waals surface area contributed by atoms with Crippen LogP contribution in [0.5, 0.6) is 0 Å². The molecule has 0 aromatic rings. The van der Waals surface area contributed by atoms with Crippen LogP contribution in [0, 0.1) is 5.92 Å². The summed E-state index contributed by atoms with van der Waals surface area (Å²) in [5.74, 6) is -0.623. The highest BCUT2D eigenvalue weighted by Crippen LogP contribution is 1.98. The van der Waals surface area contributed by atoms with Gasteiger partial charge < -0.3 is 16.4 Å². The molecular weight excluding hydrogens is 194 g/mol. The van der Waals surface area contributed by atoms with Crippen LogP contribution in [-0.2, 0) is 9.59 Å². The fourth-order valence-electron chi connectivity index (χ4n) is 0.894. The monoisotopic (exact) mass is 215 g/mol. The summed E-state index contributed by atoms with van der Waals surface area (Å²) in [4.78, 5) is 22.5.